The van der Waals surface area contributed by atoms with Gasteiger partial charge in [0.1, 0.15) is 11.6 Å². The maximum atomic E-state index is 12.4. The fourth-order valence-electron chi connectivity index (χ4n) is 2.09. The predicted octanol–water partition coefficient (Wildman–Crippen LogP) is 4.80. The number of halogens is 2. The lowest BCUT2D eigenvalue weighted by Gasteiger charge is -2.10. The molecule has 0 radical (unpaired) electrons. The zero-order valence-corrected chi connectivity index (χ0v) is 14.5. The normalized spacial score (nSPS) is 10.9. The first-order valence-electron chi connectivity index (χ1n) is 6.83. The van der Waals surface area contributed by atoms with Crippen LogP contribution in [0, 0.1) is 11.3 Å². The zero-order valence-electron chi connectivity index (χ0n) is 13.0. The van der Waals surface area contributed by atoms with Crippen LogP contribution >= 0.6 is 23.2 Å². The lowest BCUT2D eigenvalue weighted by Crippen LogP contribution is -2.01. The Hall–Kier alpha value is -2.48. The van der Waals surface area contributed by atoms with Gasteiger partial charge in [-0.15, -0.1) is 0 Å². The Bertz CT molecular complexity index is 837. The smallest absolute Gasteiger partial charge is 0.203 e. The molecule has 0 amide bonds. The number of nitrogens with zero attached hydrogens (tertiary/aromatic N) is 1. The summed E-state index contributed by atoms with van der Waals surface area (Å²) in [5, 5.41) is 10.1. The van der Waals surface area contributed by atoms with Crippen molar-refractivity contribution in [1.29, 1.82) is 5.26 Å². The number of Topliss-reactive ketones (excluding diaryl/α,β-unsaturated/α-hetero) is 1. The van der Waals surface area contributed by atoms with Gasteiger partial charge in [-0.2, -0.15) is 5.26 Å². The van der Waals surface area contributed by atoms with Gasteiger partial charge in [0.25, 0.3) is 0 Å². The summed E-state index contributed by atoms with van der Waals surface area (Å²) in [4.78, 5) is 12.4. The van der Waals surface area contributed by atoms with Gasteiger partial charge in [0, 0.05) is 10.6 Å². The monoisotopic (exact) mass is 361 g/mol. The summed E-state index contributed by atoms with van der Waals surface area (Å²) in [5.41, 5.74) is 0.899. The number of ether oxygens (including phenoxy) is 2. The molecule has 4 nitrogen and oxygen atoms in total. The summed E-state index contributed by atoms with van der Waals surface area (Å²) in [6, 6.07) is 11.5. The highest BCUT2D eigenvalue weighted by molar-refractivity contribution is 6.32. The van der Waals surface area contributed by atoms with Crippen molar-refractivity contribution >= 4 is 35.1 Å². The van der Waals surface area contributed by atoms with Gasteiger partial charge in [-0.3, -0.25) is 4.79 Å². The highest BCUT2D eigenvalue weighted by Crippen LogP contribution is 2.36. The van der Waals surface area contributed by atoms with Gasteiger partial charge in [0.15, 0.2) is 11.5 Å². The lowest BCUT2D eigenvalue weighted by atomic mass is 10.0. The minimum absolute atomic E-state index is 0.0272. The molecular weight excluding hydrogens is 349 g/mol. The largest absolute Gasteiger partial charge is 0.493 e. The Labute approximate surface area is 149 Å². The molecule has 0 aliphatic heterocycles. The summed E-state index contributed by atoms with van der Waals surface area (Å²) in [6.45, 7) is 0. The molecule has 2 aromatic rings. The first kappa shape index (κ1) is 17.9. The van der Waals surface area contributed by atoms with Gasteiger partial charge >= 0.3 is 0 Å². The van der Waals surface area contributed by atoms with Crippen molar-refractivity contribution in [2.75, 3.05) is 14.2 Å². The summed E-state index contributed by atoms with van der Waals surface area (Å²) in [7, 11) is 2.95. The Morgan fingerprint density at radius 1 is 1.12 bits per heavy atom. The van der Waals surface area contributed by atoms with E-state index in [0.29, 0.717) is 32.7 Å². The fourth-order valence-corrected chi connectivity index (χ4v) is 2.52. The molecule has 24 heavy (non-hydrogen) atoms. The second-order valence-corrected chi connectivity index (χ2v) is 5.59. The van der Waals surface area contributed by atoms with Crippen molar-refractivity contribution < 1.29 is 14.3 Å². The van der Waals surface area contributed by atoms with Crippen LogP contribution in [0.15, 0.2) is 42.0 Å². The summed E-state index contributed by atoms with van der Waals surface area (Å²) in [6.07, 6.45) is 1.45. The van der Waals surface area contributed by atoms with E-state index in [1.54, 1.807) is 36.4 Å². The van der Waals surface area contributed by atoms with Crippen molar-refractivity contribution in [3.63, 3.8) is 0 Å². The average molecular weight is 362 g/mol. The van der Waals surface area contributed by atoms with Gasteiger partial charge in [0.05, 0.1) is 19.2 Å². The molecule has 0 atom stereocenters. The molecule has 0 N–H and O–H groups in total. The van der Waals surface area contributed by atoms with Crippen molar-refractivity contribution in [1.82, 2.24) is 0 Å². The molecule has 0 spiro atoms. The Balaban J connectivity index is 2.44. The van der Waals surface area contributed by atoms with Crippen molar-refractivity contribution in [2.45, 2.75) is 0 Å². The maximum Gasteiger partial charge on any atom is 0.203 e. The Morgan fingerprint density at radius 2 is 1.79 bits per heavy atom. The number of methoxy groups -OCH3 is 2. The van der Waals surface area contributed by atoms with Crippen LogP contribution in [0.2, 0.25) is 10.0 Å². The van der Waals surface area contributed by atoms with Gasteiger partial charge in [-0.05, 0) is 48.0 Å². The first-order valence-corrected chi connectivity index (χ1v) is 7.59. The highest BCUT2D eigenvalue weighted by Gasteiger charge is 2.14. The predicted molar refractivity (Wildman–Crippen MR) is 93.9 cm³/mol. The van der Waals surface area contributed by atoms with Crippen molar-refractivity contribution in [3.05, 3.63) is 63.1 Å². The van der Waals surface area contributed by atoms with Crippen LogP contribution in [0.3, 0.4) is 0 Å². The minimum Gasteiger partial charge on any atom is -0.493 e. The number of nitriles is 1. The van der Waals surface area contributed by atoms with Crippen LogP contribution in [-0.4, -0.2) is 20.0 Å². The first-order chi connectivity index (χ1) is 11.5. The second kappa shape index (κ2) is 7.87. The molecular formula is C18H13Cl2NO3. The van der Waals surface area contributed by atoms with Gasteiger partial charge in [-0.25, -0.2) is 0 Å². The third kappa shape index (κ3) is 3.88. The number of ketones is 1. The second-order valence-electron chi connectivity index (χ2n) is 4.74. The van der Waals surface area contributed by atoms with E-state index in [1.165, 1.54) is 20.3 Å². The lowest BCUT2D eigenvalue weighted by molar-refractivity contribution is 0.104. The Kier molecular flexibility index (Phi) is 5.86. The molecule has 0 aliphatic rings. The molecule has 2 aromatic carbocycles. The Morgan fingerprint density at radius 3 is 2.33 bits per heavy atom. The van der Waals surface area contributed by atoms with E-state index in [9.17, 15) is 10.1 Å². The van der Waals surface area contributed by atoms with Crippen LogP contribution in [0.4, 0.5) is 0 Å². The molecule has 6 heteroatoms. The maximum absolute atomic E-state index is 12.4. The van der Waals surface area contributed by atoms with Crippen LogP contribution in [0.1, 0.15) is 15.9 Å². The minimum atomic E-state index is -0.403. The van der Waals surface area contributed by atoms with E-state index in [-0.39, 0.29) is 5.57 Å². The quantitative estimate of drug-likeness (QED) is 0.436. The van der Waals surface area contributed by atoms with Crippen LogP contribution in [-0.2, 0) is 0 Å². The van der Waals surface area contributed by atoms with Crippen molar-refractivity contribution in [2.24, 2.45) is 0 Å². The van der Waals surface area contributed by atoms with E-state index in [1.807, 2.05) is 6.07 Å². The molecule has 2 rings (SSSR count). The summed E-state index contributed by atoms with van der Waals surface area (Å²) < 4.78 is 10.4. The third-order valence-corrected chi connectivity index (χ3v) is 3.77. The van der Waals surface area contributed by atoms with Gasteiger partial charge in [-0.1, -0.05) is 23.2 Å². The molecule has 0 bridgehead atoms. The standard InChI is InChI=1S/C18H13Cl2NO3/c1-23-16-9-11(8-15(20)18(16)24-2)7-13(10-21)17(22)12-3-5-14(19)6-4-12/h3-9H,1-2H3/b13-7+. The van der Waals surface area contributed by atoms with E-state index in [4.69, 9.17) is 32.7 Å². The average Bonchev–Trinajstić information content (AvgIpc) is 2.59. The molecule has 0 aliphatic carbocycles. The number of carbonyl (C=O) groups is 1. The molecule has 0 fully saturated rings. The van der Waals surface area contributed by atoms with Crippen LogP contribution < -0.4 is 9.47 Å². The molecule has 0 saturated carbocycles. The van der Waals surface area contributed by atoms with E-state index >= 15 is 0 Å². The number of hydrogen-bond acceptors (Lipinski definition) is 4. The number of rotatable bonds is 5. The van der Waals surface area contributed by atoms with Gasteiger partial charge in [0.2, 0.25) is 5.78 Å². The van der Waals surface area contributed by atoms with E-state index in [0.717, 1.165) is 0 Å². The van der Waals surface area contributed by atoms with E-state index in [2.05, 4.69) is 0 Å². The topological polar surface area (TPSA) is 59.3 Å². The highest BCUT2D eigenvalue weighted by atomic mass is 35.5. The molecule has 0 unspecified atom stereocenters. The zero-order chi connectivity index (χ0) is 17.7. The SMILES string of the molecule is COc1cc(/C=C(\C#N)C(=O)c2ccc(Cl)cc2)cc(Cl)c1OC. The van der Waals surface area contributed by atoms with Gasteiger partial charge < -0.3 is 9.47 Å². The third-order valence-electron chi connectivity index (χ3n) is 3.24. The number of allylic oxidation sites excluding steroid dienone is 1. The van der Waals surface area contributed by atoms with Crippen molar-refractivity contribution in [3.8, 4) is 17.6 Å². The van der Waals surface area contributed by atoms with E-state index < -0.39 is 5.78 Å². The fraction of sp³-hybridized carbons (Fsp3) is 0.111. The number of hydrogen-bond donors (Lipinski definition) is 0. The summed E-state index contributed by atoms with van der Waals surface area (Å²) >= 11 is 11.9. The molecule has 0 heterocycles. The number of benzene rings is 2. The molecule has 0 saturated heterocycles. The molecule has 122 valence electrons. The van der Waals surface area contributed by atoms with Crippen LogP contribution in [0.25, 0.3) is 6.08 Å². The molecule has 0 aromatic heterocycles. The van der Waals surface area contributed by atoms with Crippen LogP contribution in [0.5, 0.6) is 11.5 Å². The number of carbonyl (C=O) groups excluding carboxylic acids is 1. The summed E-state index contributed by atoms with van der Waals surface area (Å²) in [5.74, 6) is 0.395.